The molecule has 0 saturated heterocycles. The highest BCUT2D eigenvalue weighted by atomic mass is 32.2. The molecule has 0 aliphatic carbocycles. The number of fused-ring (bicyclic) bond motifs is 2. The van der Waals surface area contributed by atoms with Gasteiger partial charge in [0.05, 0.1) is 17.1 Å². The van der Waals surface area contributed by atoms with Crippen LogP contribution >= 0.6 is 23.5 Å². The highest BCUT2D eigenvalue weighted by molar-refractivity contribution is 8.00. The quantitative estimate of drug-likeness (QED) is 0.338. The molecule has 0 unspecified atom stereocenters. The van der Waals surface area contributed by atoms with Crippen LogP contribution in [0.25, 0.3) is 0 Å². The lowest BCUT2D eigenvalue weighted by molar-refractivity contribution is -0.115. The highest BCUT2D eigenvalue weighted by Crippen LogP contribution is 2.48. The van der Waals surface area contributed by atoms with Crippen LogP contribution in [0.1, 0.15) is 11.4 Å². The predicted molar refractivity (Wildman–Crippen MR) is 131 cm³/mol. The Kier molecular flexibility index (Phi) is 6.11. The first-order valence-electron chi connectivity index (χ1n) is 10.5. The smallest absolute Gasteiger partial charge is 0.242 e. The van der Waals surface area contributed by atoms with E-state index in [9.17, 15) is 4.79 Å². The van der Waals surface area contributed by atoms with Gasteiger partial charge in [0.1, 0.15) is 12.4 Å². The second-order valence-electron chi connectivity index (χ2n) is 7.62. The van der Waals surface area contributed by atoms with Gasteiger partial charge in [-0.15, -0.1) is 10.2 Å². The van der Waals surface area contributed by atoms with E-state index in [1.54, 1.807) is 11.8 Å². The summed E-state index contributed by atoms with van der Waals surface area (Å²) in [4.78, 5) is 17.3. The second kappa shape index (κ2) is 9.33. The maximum Gasteiger partial charge on any atom is 0.242 e. The summed E-state index contributed by atoms with van der Waals surface area (Å²) in [5, 5.41) is 9.21. The molecule has 1 amide bonds. The van der Waals surface area contributed by atoms with Crippen LogP contribution in [0.15, 0.2) is 87.7 Å². The molecule has 1 aliphatic rings. The zero-order valence-electron chi connectivity index (χ0n) is 18.3. The molecule has 1 aromatic heterocycles. The van der Waals surface area contributed by atoms with Crippen molar-refractivity contribution in [2.75, 3.05) is 10.7 Å². The molecule has 5 rings (SSSR count). The number of ether oxygens (including phenoxy) is 1. The van der Waals surface area contributed by atoms with E-state index in [0.29, 0.717) is 17.6 Å². The largest absolute Gasteiger partial charge is 0.486 e. The predicted octanol–water partition coefficient (Wildman–Crippen LogP) is 5.62. The minimum Gasteiger partial charge on any atom is -0.486 e. The number of nitrogens with zero attached hydrogens (tertiary/aromatic N) is 4. The number of rotatable bonds is 6. The Hall–Kier alpha value is -3.23. The van der Waals surface area contributed by atoms with Crippen molar-refractivity contribution < 1.29 is 9.53 Å². The number of carbonyl (C=O) groups excluding carboxylic acids is 1. The molecule has 3 aromatic carbocycles. The minimum atomic E-state index is 0.000704. The summed E-state index contributed by atoms with van der Waals surface area (Å²) in [6.07, 6.45) is 0. The first kappa shape index (κ1) is 21.6. The minimum absolute atomic E-state index is 0.000704. The molecule has 1 aliphatic heterocycles. The topological polar surface area (TPSA) is 60.3 Å². The van der Waals surface area contributed by atoms with E-state index >= 15 is 0 Å². The number of amides is 1. The van der Waals surface area contributed by atoms with Gasteiger partial charge in [0, 0.05) is 16.8 Å². The monoisotopic (exact) mass is 474 g/mol. The van der Waals surface area contributed by atoms with Crippen molar-refractivity contribution in [3.05, 3.63) is 84.2 Å². The molecular formula is C25H22N4O2S2. The van der Waals surface area contributed by atoms with Crippen LogP contribution in [0.4, 0.5) is 11.4 Å². The Morgan fingerprint density at radius 1 is 0.970 bits per heavy atom. The van der Waals surface area contributed by atoms with E-state index in [-0.39, 0.29) is 11.7 Å². The van der Waals surface area contributed by atoms with Gasteiger partial charge >= 0.3 is 0 Å². The van der Waals surface area contributed by atoms with Crippen molar-refractivity contribution in [2.45, 2.75) is 28.5 Å². The SMILES string of the molecule is Cc1cccc(OCc2nnc(SCC(=O)N3c4ccccc4Sc4ccccc43)n2C)c1. The maximum absolute atomic E-state index is 13.4. The second-order valence-corrected chi connectivity index (χ2v) is 9.64. The van der Waals surface area contributed by atoms with Crippen LogP contribution in [0.5, 0.6) is 5.75 Å². The molecule has 8 heteroatoms. The Labute approximate surface area is 201 Å². The summed E-state index contributed by atoms with van der Waals surface area (Å²) >= 11 is 3.07. The Morgan fingerprint density at radius 2 is 1.67 bits per heavy atom. The molecule has 0 atom stereocenters. The standard InChI is InChI=1S/C25H22N4O2S2/c1-17-8-7-9-18(14-17)31-15-23-26-27-25(28(23)2)32-16-24(30)29-19-10-3-5-12-21(19)33-22-13-6-4-11-20(22)29/h3-14H,15-16H2,1-2H3. The van der Waals surface area contributed by atoms with Crippen molar-refractivity contribution in [1.82, 2.24) is 14.8 Å². The van der Waals surface area contributed by atoms with Crippen LogP contribution in [0.2, 0.25) is 0 Å². The molecular weight excluding hydrogens is 452 g/mol. The zero-order valence-corrected chi connectivity index (χ0v) is 19.9. The summed E-state index contributed by atoms with van der Waals surface area (Å²) in [6, 6.07) is 23.9. The first-order chi connectivity index (χ1) is 16.1. The van der Waals surface area contributed by atoms with Crippen molar-refractivity contribution in [3.8, 4) is 5.75 Å². The van der Waals surface area contributed by atoms with Gasteiger partial charge < -0.3 is 9.30 Å². The Balaban J connectivity index is 1.29. The molecule has 0 bridgehead atoms. The van der Waals surface area contributed by atoms with E-state index in [4.69, 9.17) is 4.74 Å². The molecule has 0 spiro atoms. The summed E-state index contributed by atoms with van der Waals surface area (Å²) in [6.45, 7) is 2.34. The third-order valence-corrected chi connectivity index (χ3v) is 7.42. The normalized spacial score (nSPS) is 12.2. The maximum atomic E-state index is 13.4. The van der Waals surface area contributed by atoms with Crippen LogP contribution < -0.4 is 9.64 Å². The summed E-state index contributed by atoms with van der Waals surface area (Å²) in [5.74, 6) is 1.75. The number of aryl methyl sites for hydroxylation is 1. The lowest BCUT2D eigenvalue weighted by Crippen LogP contribution is -2.30. The van der Waals surface area contributed by atoms with E-state index in [1.807, 2.05) is 96.2 Å². The highest BCUT2D eigenvalue weighted by Gasteiger charge is 2.28. The molecule has 0 fully saturated rings. The number of aromatic nitrogens is 3. The van der Waals surface area contributed by atoms with Crippen molar-refractivity contribution in [1.29, 1.82) is 0 Å². The molecule has 0 radical (unpaired) electrons. The van der Waals surface area contributed by atoms with Gasteiger partial charge in [-0.3, -0.25) is 9.69 Å². The number of thioether (sulfide) groups is 1. The first-order valence-corrected chi connectivity index (χ1v) is 12.3. The zero-order chi connectivity index (χ0) is 22.8. The molecule has 0 N–H and O–H groups in total. The number of anilines is 2. The van der Waals surface area contributed by atoms with Crippen LogP contribution in [0.3, 0.4) is 0 Å². The third-order valence-electron chi connectivity index (χ3n) is 5.29. The average molecular weight is 475 g/mol. The number of hydrogen-bond acceptors (Lipinski definition) is 6. The number of hydrogen-bond donors (Lipinski definition) is 0. The fraction of sp³-hybridized carbons (Fsp3) is 0.160. The van der Waals surface area contributed by atoms with E-state index in [1.165, 1.54) is 11.8 Å². The fourth-order valence-electron chi connectivity index (χ4n) is 3.61. The molecule has 0 saturated carbocycles. The third kappa shape index (κ3) is 4.49. The summed E-state index contributed by atoms with van der Waals surface area (Å²) < 4.78 is 7.73. The van der Waals surface area contributed by atoms with Crippen molar-refractivity contribution in [3.63, 3.8) is 0 Å². The van der Waals surface area contributed by atoms with E-state index < -0.39 is 0 Å². The molecule has 33 heavy (non-hydrogen) atoms. The Morgan fingerprint density at radius 3 is 2.36 bits per heavy atom. The number of benzene rings is 3. The average Bonchev–Trinajstić information content (AvgIpc) is 3.18. The van der Waals surface area contributed by atoms with Gasteiger partial charge in [-0.1, -0.05) is 59.9 Å². The van der Waals surface area contributed by atoms with Crippen LogP contribution in [-0.2, 0) is 18.4 Å². The van der Waals surface area contributed by atoms with E-state index in [2.05, 4.69) is 10.2 Å². The fourth-order valence-corrected chi connectivity index (χ4v) is 5.45. The molecule has 6 nitrogen and oxygen atoms in total. The van der Waals surface area contributed by atoms with Gasteiger partial charge in [0.25, 0.3) is 0 Å². The molecule has 2 heterocycles. The van der Waals surface area contributed by atoms with Gasteiger partial charge in [-0.25, -0.2) is 0 Å². The lowest BCUT2D eigenvalue weighted by Gasteiger charge is -2.30. The summed E-state index contributed by atoms with van der Waals surface area (Å²) in [5.41, 5.74) is 2.97. The summed E-state index contributed by atoms with van der Waals surface area (Å²) in [7, 11) is 1.89. The van der Waals surface area contributed by atoms with Gasteiger partial charge in [0.2, 0.25) is 5.91 Å². The molecule has 166 valence electrons. The van der Waals surface area contributed by atoms with Crippen LogP contribution in [0, 0.1) is 6.92 Å². The number of para-hydroxylation sites is 2. The molecule has 4 aromatic rings. The van der Waals surface area contributed by atoms with Gasteiger partial charge in [0.15, 0.2) is 11.0 Å². The Bertz CT molecular complexity index is 1280. The number of carbonyl (C=O) groups is 1. The van der Waals surface area contributed by atoms with Crippen molar-refractivity contribution in [2.24, 2.45) is 7.05 Å². The van der Waals surface area contributed by atoms with Gasteiger partial charge in [-0.2, -0.15) is 0 Å². The van der Waals surface area contributed by atoms with Crippen molar-refractivity contribution >= 4 is 40.8 Å². The lowest BCUT2D eigenvalue weighted by atomic mass is 10.2. The van der Waals surface area contributed by atoms with E-state index in [0.717, 1.165) is 32.5 Å². The van der Waals surface area contributed by atoms with Gasteiger partial charge in [-0.05, 0) is 48.9 Å². The van der Waals surface area contributed by atoms with Crippen LogP contribution in [-0.4, -0.2) is 26.4 Å².